The van der Waals surface area contributed by atoms with Crippen LogP contribution in [0, 0.1) is 0 Å². The van der Waals surface area contributed by atoms with Crippen LogP contribution >= 0.6 is 11.8 Å². The minimum absolute atomic E-state index is 0.0608. The molecule has 3 nitrogen and oxygen atoms in total. The molecule has 1 amide bonds. The zero-order chi connectivity index (χ0) is 15.2. The summed E-state index contributed by atoms with van der Waals surface area (Å²) in [7, 11) is 0. The van der Waals surface area contributed by atoms with E-state index in [4.69, 9.17) is 4.42 Å². The molecule has 1 aliphatic rings. The molecule has 0 saturated carbocycles. The molecule has 22 heavy (non-hydrogen) atoms. The topological polar surface area (TPSA) is 33.5 Å². The van der Waals surface area contributed by atoms with Crippen LogP contribution in [0.5, 0.6) is 0 Å². The summed E-state index contributed by atoms with van der Waals surface area (Å²) >= 11 is 1.94. The molecule has 2 heterocycles. The van der Waals surface area contributed by atoms with Crippen molar-refractivity contribution in [3.8, 4) is 0 Å². The Labute approximate surface area is 135 Å². The smallest absolute Gasteiger partial charge is 0.246 e. The standard InChI is InChI=1S/C18H19NO2S/c20-18(9-8-16-7-4-13-21-16)19-11-10-17(22-14-12-19)15-5-2-1-3-6-15/h1-9,13,17H,10-12,14H2/b9-8+. The van der Waals surface area contributed by atoms with Crippen LogP contribution < -0.4 is 0 Å². The molecule has 1 saturated heterocycles. The highest BCUT2D eigenvalue weighted by atomic mass is 32.2. The van der Waals surface area contributed by atoms with E-state index in [2.05, 4.69) is 24.3 Å². The summed E-state index contributed by atoms with van der Waals surface area (Å²) in [5.41, 5.74) is 1.35. The van der Waals surface area contributed by atoms with E-state index in [-0.39, 0.29) is 5.91 Å². The average Bonchev–Trinajstić information content (AvgIpc) is 2.96. The Hall–Kier alpha value is -1.94. The van der Waals surface area contributed by atoms with Crippen LogP contribution in [0.1, 0.15) is 23.0 Å². The van der Waals surface area contributed by atoms with Gasteiger partial charge in [0.25, 0.3) is 0 Å². The summed E-state index contributed by atoms with van der Waals surface area (Å²) < 4.78 is 5.21. The fourth-order valence-corrected chi connectivity index (χ4v) is 3.80. The maximum Gasteiger partial charge on any atom is 0.246 e. The Balaban J connectivity index is 1.59. The molecule has 1 aliphatic heterocycles. The molecule has 3 rings (SSSR count). The quantitative estimate of drug-likeness (QED) is 0.803. The number of furan rings is 1. The summed E-state index contributed by atoms with van der Waals surface area (Å²) in [5, 5.41) is 0.480. The predicted octanol–water partition coefficient (Wildman–Crippen LogP) is 4.00. The van der Waals surface area contributed by atoms with Gasteiger partial charge in [0.05, 0.1) is 6.26 Å². The van der Waals surface area contributed by atoms with Gasteiger partial charge in [-0.25, -0.2) is 0 Å². The van der Waals surface area contributed by atoms with E-state index < -0.39 is 0 Å². The fourth-order valence-electron chi connectivity index (χ4n) is 2.57. The second-order valence-electron chi connectivity index (χ2n) is 5.23. The van der Waals surface area contributed by atoms with E-state index in [9.17, 15) is 4.79 Å². The minimum Gasteiger partial charge on any atom is -0.465 e. The molecule has 0 N–H and O–H groups in total. The number of carbonyl (C=O) groups is 1. The maximum absolute atomic E-state index is 12.3. The zero-order valence-electron chi connectivity index (χ0n) is 12.4. The van der Waals surface area contributed by atoms with Crippen molar-refractivity contribution in [2.45, 2.75) is 11.7 Å². The first-order valence-electron chi connectivity index (χ1n) is 7.50. The number of thioether (sulfide) groups is 1. The Morgan fingerprint density at radius 1 is 1.18 bits per heavy atom. The van der Waals surface area contributed by atoms with Crippen molar-refractivity contribution in [1.82, 2.24) is 4.90 Å². The van der Waals surface area contributed by atoms with Crippen molar-refractivity contribution in [1.29, 1.82) is 0 Å². The molecular weight excluding hydrogens is 294 g/mol. The Morgan fingerprint density at radius 3 is 2.82 bits per heavy atom. The van der Waals surface area contributed by atoms with Crippen molar-refractivity contribution in [2.24, 2.45) is 0 Å². The fraction of sp³-hybridized carbons (Fsp3) is 0.278. The van der Waals surface area contributed by atoms with Gasteiger partial charge in [0.2, 0.25) is 5.91 Å². The van der Waals surface area contributed by atoms with Crippen molar-refractivity contribution in [3.63, 3.8) is 0 Å². The van der Waals surface area contributed by atoms with Gasteiger partial charge in [-0.05, 0) is 30.2 Å². The highest BCUT2D eigenvalue weighted by Crippen LogP contribution is 2.34. The lowest BCUT2D eigenvalue weighted by molar-refractivity contribution is -0.125. The van der Waals surface area contributed by atoms with Gasteiger partial charge in [-0.3, -0.25) is 4.79 Å². The first-order valence-corrected chi connectivity index (χ1v) is 8.55. The molecule has 2 aromatic rings. The number of rotatable bonds is 3. The normalized spacial score (nSPS) is 19.3. The highest BCUT2D eigenvalue weighted by Gasteiger charge is 2.20. The monoisotopic (exact) mass is 313 g/mol. The van der Waals surface area contributed by atoms with Gasteiger partial charge in [0.1, 0.15) is 5.76 Å². The molecule has 0 radical (unpaired) electrons. The number of hydrogen-bond donors (Lipinski definition) is 0. The Morgan fingerprint density at radius 2 is 2.05 bits per heavy atom. The van der Waals surface area contributed by atoms with Crippen LogP contribution in [-0.2, 0) is 4.79 Å². The van der Waals surface area contributed by atoms with Gasteiger partial charge >= 0.3 is 0 Å². The van der Waals surface area contributed by atoms with Gasteiger partial charge in [0.15, 0.2) is 0 Å². The number of carbonyl (C=O) groups excluding carboxylic acids is 1. The Kier molecular flexibility index (Phi) is 5.01. The molecule has 0 bridgehead atoms. The summed E-state index contributed by atoms with van der Waals surface area (Å²) in [4.78, 5) is 14.2. The van der Waals surface area contributed by atoms with Crippen LogP contribution in [0.3, 0.4) is 0 Å². The van der Waals surface area contributed by atoms with E-state index >= 15 is 0 Å². The van der Waals surface area contributed by atoms with E-state index in [0.717, 1.165) is 25.3 Å². The van der Waals surface area contributed by atoms with Crippen LogP contribution in [-0.4, -0.2) is 29.6 Å². The van der Waals surface area contributed by atoms with Gasteiger partial charge in [-0.15, -0.1) is 0 Å². The molecule has 0 aliphatic carbocycles. The summed E-state index contributed by atoms with van der Waals surface area (Å²) in [6.45, 7) is 1.60. The first-order chi connectivity index (χ1) is 10.8. The molecular formula is C18H19NO2S. The third-order valence-electron chi connectivity index (χ3n) is 3.76. The van der Waals surface area contributed by atoms with Crippen LogP contribution in [0.25, 0.3) is 6.08 Å². The number of nitrogens with zero attached hydrogens (tertiary/aromatic N) is 1. The average molecular weight is 313 g/mol. The van der Waals surface area contributed by atoms with Gasteiger partial charge < -0.3 is 9.32 Å². The third kappa shape index (κ3) is 3.83. The van der Waals surface area contributed by atoms with Gasteiger partial charge in [-0.2, -0.15) is 11.8 Å². The van der Waals surface area contributed by atoms with Crippen molar-refractivity contribution < 1.29 is 9.21 Å². The molecule has 1 atom stereocenters. The van der Waals surface area contributed by atoms with Gasteiger partial charge in [0, 0.05) is 30.2 Å². The maximum atomic E-state index is 12.3. The van der Waals surface area contributed by atoms with E-state index in [0.29, 0.717) is 11.0 Å². The van der Waals surface area contributed by atoms with E-state index in [1.807, 2.05) is 34.9 Å². The molecule has 0 spiro atoms. The number of hydrogen-bond acceptors (Lipinski definition) is 3. The van der Waals surface area contributed by atoms with Crippen molar-refractivity contribution in [2.75, 3.05) is 18.8 Å². The lowest BCUT2D eigenvalue weighted by atomic mass is 10.1. The van der Waals surface area contributed by atoms with Crippen LogP contribution in [0.4, 0.5) is 0 Å². The van der Waals surface area contributed by atoms with Crippen molar-refractivity contribution in [3.05, 3.63) is 66.1 Å². The third-order valence-corrected chi connectivity index (χ3v) is 5.09. The van der Waals surface area contributed by atoms with E-state index in [1.54, 1.807) is 18.4 Å². The Bertz CT molecular complexity index is 622. The summed E-state index contributed by atoms with van der Waals surface area (Å²) in [6, 6.07) is 14.2. The molecule has 1 aromatic carbocycles. The second-order valence-corrected chi connectivity index (χ2v) is 6.54. The minimum atomic E-state index is 0.0608. The number of benzene rings is 1. The molecule has 4 heteroatoms. The van der Waals surface area contributed by atoms with E-state index in [1.165, 1.54) is 5.56 Å². The summed E-state index contributed by atoms with van der Waals surface area (Å²) in [5.74, 6) is 1.74. The predicted molar refractivity (Wildman–Crippen MR) is 90.6 cm³/mol. The lowest BCUT2D eigenvalue weighted by Gasteiger charge is -2.18. The molecule has 1 fully saturated rings. The molecule has 1 unspecified atom stereocenters. The molecule has 114 valence electrons. The molecule has 1 aromatic heterocycles. The largest absolute Gasteiger partial charge is 0.465 e. The highest BCUT2D eigenvalue weighted by molar-refractivity contribution is 7.99. The summed E-state index contributed by atoms with van der Waals surface area (Å²) in [6.07, 6.45) is 5.94. The second kappa shape index (κ2) is 7.36. The lowest BCUT2D eigenvalue weighted by Crippen LogP contribution is -2.31. The SMILES string of the molecule is O=C(/C=C/c1ccco1)N1CCSC(c2ccccc2)CC1. The number of amides is 1. The van der Waals surface area contributed by atoms with Gasteiger partial charge in [-0.1, -0.05) is 30.3 Å². The van der Waals surface area contributed by atoms with Crippen LogP contribution in [0.15, 0.2) is 59.2 Å². The zero-order valence-corrected chi connectivity index (χ0v) is 13.2. The van der Waals surface area contributed by atoms with Crippen LogP contribution in [0.2, 0.25) is 0 Å². The first kappa shape index (κ1) is 15.0. The van der Waals surface area contributed by atoms with Crippen molar-refractivity contribution >= 4 is 23.7 Å².